The Morgan fingerprint density at radius 1 is 1.62 bits per heavy atom. The molecule has 2 unspecified atom stereocenters. The quantitative estimate of drug-likeness (QED) is 0.694. The first-order valence-corrected chi connectivity index (χ1v) is 4.42. The minimum Gasteiger partial charge on any atom is -0.393 e. The van der Waals surface area contributed by atoms with E-state index in [0.717, 1.165) is 0 Å². The molecule has 0 aliphatic rings. The molecule has 2 atom stereocenters. The van der Waals surface area contributed by atoms with Crippen LogP contribution in [-0.4, -0.2) is 26.0 Å². The average Bonchev–Trinajstić information content (AvgIpc) is 2.48. The third-order valence-electron chi connectivity index (χ3n) is 1.74. The van der Waals surface area contributed by atoms with Crippen molar-refractivity contribution in [1.29, 1.82) is 0 Å². The Balaban J connectivity index is 2.49. The van der Waals surface area contributed by atoms with Crippen LogP contribution in [0.4, 0.5) is 0 Å². The second-order valence-electron chi connectivity index (χ2n) is 3.29. The Kier molecular flexibility index (Phi) is 3.39. The Hall–Kier alpha value is -0.940. The molecule has 0 saturated carbocycles. The van der Waals surface area contributed by atoms with E-state index in [4.69, 9.17) is 10.8 Å². The first-order chi connectivity index (χ1) is 6.09. The molecule has 1 heterocycles. The standard InChI is InChI=1S/C8H16N4O/c1-6(13)3-4-12-5-10-8(11-12)7(2)9/h5-7,13H,3-4,9H2,1-2H3. The highest BCUT2D eigenvalue weighted by Crippen LogP contribution is 2.01. The summed E-state index contributed by atoms with van der Waals surface area (Å²) in [6, 6.07) is -0.132. The lowest BCUT2D eigenvalue weighted by Crippen LogP contribution is -2.10. The van der Waals surface area contributed by atoms with Crippen LogP contribution in [0.15, 0.2) is 6.33 Å². The van der Waals surface area contributed by atoms with Crippen molar-refractivity contribution in [2.45, 2.75) is 39.0 Å². The molecule has 1 rings (SSSR count). The molecule has 0 aromatic carbocycles. The molecule has 0 amide bonds. The van der Waals surface area contributed by atoms with Gasteiger partial charge in [-0.25, -0.2) is 4.98 Å². The first kappa shape index (κ1) is 10.1. The number of hydrogen-bond acceptors (Lipinski definition) is 4. The Labute approximate surface area is 77.6 Å². The number of aryl methyl sites for hydroxylation is 1. The van der Waals surface area contributed by atoms with E-state index in [1.54, 1.807) is 17.9 Å². The minimum absolute atomic E-state index is 0.132. The summed E-state index contributed by atoms with van der Waals surface area (Å²) in [5.74, 6) is 0.644. The van der Waals surface area contributed by atoms with Gasteiger partial charge in [-0.3, -0.25) is 4.68 Å². The SMILES string of the molecule is CC(O)CCn1cnc(C(C)N)n1. The van der Waals surface area contributed by atoms with Crippen molar-refractivity contribution < 1.29 is 5.11 Å². The molecule has 3 N–H and O–H groups in total. The summed E-state index contributed by atoms with van der Waals surface area (Å²) < 4.78 is 1.70. The monoisotopic (exact) mass is 184 g/mol. The molecule has 5 nitrogen and oxygen atoms in total. The average molecular weight is 184 g/mol. The maximum Gasteiger partial charge on any atom is 0.166 e. The topological polar surface area (TPSA) is 77.0 Å². The lowest BCUT2D eigenvalue weighted by molar-refractivity contribution is 0.176. The highest BCUT2D eigenvalue weighted by molar-refractivity contribution is 4.87. The van der Waals surface area contributed by atoms with Crippen molar-refractivity contribution in [3.05, 3.63) is 12.2 Å². The molecule has 0 radical (unpaired) electrons. The van der Waals surface area contributed by atoms with E-state index in [-0.39, 0.29) is 12.1 Å². The fraction of sp³-hybridized carbons (Fsp3) is 0.750. The number of nitrogens with two attached hydrogens (primary N) is 1. The van der Waals surface area contributed by atoms with Gasteiger partial charge in [0.05, 0.1) is 12.1 Å². The maximum absolute atomic E-state index is 9.04. The van der Waals surface area contributed by atoms with E-state index in [0.29, 0.717) is 18.8 Å². The molecule has 0 saturated heterocycles. The predicted octanol–water partition coefficient (Wildman–Crippen LogP) is 0.0687. The molecular formula is C8H16N4O. The maximum atomic E-state index is 9.04. The summed E-state index contributed by atoms with van der Waals surface area (Å²) in [7, 11) is 0. The highest BCUT2D eigenvalue weighted by atomic mass is 16.3. The van der Waals surface area contributed by atoms with E-state index in [1.165, 1.54) is 0 Å². The molecule has 13 heavy (non-hydrogen) atoms. The molecule has 1 aromatic heterocycles. The predicted molar refractivity (Wildman–Crippen MR) is 48.9 cm³/mol. The molecular weight excluding hydrogens is 168 g/mol. The van der Waals surface area contributed by atoms with Crippen molar-refractivity contribution in [3.63, 3.8) is 0 Å². The Morgan fingerprint density at radius 2 is 2.31 bits per heavy atom. The molecule has 0 spiro atoms. The van der Waals surface area contributed by atoms with Crippen LogP contribution in [0.1, 0.15) is 32.1 Å². The van der Waals surface area contributed by atoms with Gasteiger partial charge in [-0.2, -0.15) is 5.10 Å². The zero-order chi connectivity index (χ0) is 9.84. The van der Waals surface area contributed by atoms with Crippen molar-refractivity contribution >= 4 is 0 Å². The second kappa shape index (κ2) is 4.34. The van der Waals surface area contributed by atoms with Crippen molar-refractivity contribution in [2.75, 3.05) is 0 Å². The van der Waals surface area contributed by atoms with E-state index in [9.17, 15) is 0 Å². The van der Waals surface area contributed by atoms with Gasteiger partial charge in [0.1, 0.15) is 6.33 Å². The van der Waals surface area contributed by atoms with E-state index in [1.807, 2.05) is 6.92 Å². The van der Waals surface area contributed by atoms with Crippen LogP contribution >= 0.6 is 0 Å². The van der Waals surface area contributed by atoms with Crippen LogP contribution in [0.5, 0.6) is 0 Å². The van der Waals surface area contributed by atoms with Crippen molar-refractivity contribution in [2.24, 2.45) is 5.73 Å². The molecule has 74 valence electrons. The summed E-state index contributed by atoms with van der Waals surface area (Å²) in [5, 5.41) is 13.2. The van der Waals surface area contributed by atoms with Crippen LogP contribution in [0.25, 0.3) is 0 Å². The minimum atomic E-state index is -0.303. The van der Waals surface area contributed by atoms with Gasteiger partial charge in [0, 0.05) is 6.54 Å². The largest absolute Gasteiger partial charge is 0.393 e. The Morgan fingerprint density at radius 3 is 2.77 bits per heavy atom. The lowest BCUT2D eigenvalue weighted by Gasteiger charge is -2.02. The summed E-state index contributed by atoms with van der Waals surface area (Å²) >= 11 is 0. The van der Waals surface area contributed by atoms with Gasteiger partial charge in [0.15, 0.2) is 5.82 Å². The zero-order valence-corrected chi connectivity index (χ0v) is 8.01. The fourth-order valence-electron chi connectivity index (χ4n) is 0.945. The number of rotatable bonds is 4. The number of aliphatic hydroxyl groups excluding tert-OH is 1. The zero-order valence-electron chi connectivity index (χ0n) is 8.01. The van der Waals surface area contributed by atoms with Crippen molar-refractivity contribution in [3.8, 4) is 0 Å². The van der Waals surface area contributed by atoms with Crippen LogP contribution < -0.4 is 5.73 Å². The summed E-state index contributed by atoms with van der Waals surface area (Å²) in [4.78, 5) is 4.04. The highest BCUT2D eigenvalue weighted by Gasteiger charge is 2.05. The van der Waals surface area contributed by atoms with Gasteiger partial charge in [0.2, 0.25) is 0 Å². The van der Waals surface area contributed by atoms with Crippen molar-refractivity contribution in [1.82, 2.24) is 14.8 Å². The fourth-order valence-corrected chi connectivity index (χ4v) is 0.945. The number of aliphatic hydroxyl groups is 1. The summed E-state index contributed by atoms with van der Waals surface area (Å²) in [6.45, 7) is 4.27. The smallest absolute Gasteiger partial charge is 0.166 e. The van der Waals surface area contributed by atoms with Gasteiger partial charge in [-0.05, 0) is 20.3 Å². The van der Waals surface area contributed by atoms with Crippen LogP contribution in [0, 0.1) is 0 Å². The second-order valence-corrected chi connectivity index (χ2v) is 3.29. The summed E-state index contributed by atoms with van der Waals surface area (Å²) in [6.07, 6.45) is 2.02. The molecule has 1 aromatic rings. The molecule has 0 bridgehead atoms. The van der Waals surface area contributed by atoms with Crippen LogP contribution in [0.3, 0.4) is 0 Å². The van der Waals surface area contributed by atoms with Crippen LogP contribution in [0.2, 0.25) is 0 Å². The normalized spacial score (nSPS) is 15.7. The van der Waals surface area contributed by atoms with E-state index in [2.05, 4.69) is 10.1 Å². The number of aromatic nitrogens is 3. The van der Waals surface area contributed by atoms with Gasteiger partial charge in [-0.1, -0.05) is 0 Å². The summed E-state index contributed by atoms with van der Waals surface area (Å²) in [5.41, 5.74) is 5.60. The third kappa shape index (κ3) is 3.12. The first-order valence-electron chi connectivity index (χ1n) is 4.42. The lowest BCUT2D eigenvalue weighted by atomic mass is 10.3. The molecule has 0 fully saturated rings. The molecule has 0 aliphatic heterocycles. The van der Waals surface area contributed by atoms with Gasteiger partial charge in [-0.15, -0.1) is 0 Å². The van der Waals surface area contributed by atoms with Gasteiger partial charge < -0.3 is 10.8 Å². The van der Waals surface area contributed by atoms with Gasteiger partial charge >= 0.3 is 0 Å². The van der Waals surface area contributed by atoms with E-state index < -0.39 is 0 Å². The Bertz CT molecular complexity index is 256. The number of hydrogen-bond donors (Lipinski definition) is 2. The molecule has 0 aliphatic carbocycles. The van der Waals surface area contributed by atoms with E-state index >= 15 is 0 Å². The van der Waals surface area contributed by atoms with Crippen LogP contribution in [-0.2, 0) is 6.54 Å². The van der Waals surface area contributed by atoms with Gasteiger partial charge in [0.25, 0.3) is 0 Å². The molecule has 5 heteroatoms. The third-order valence-corrected chi connectivity index (χ3v) is 1.74. The number of nitrogens with zero attached hydrogens (tertiary/aromatic N) is 3.